The summed E-state index contributed by atoms with van der Waals surface area (Å²) in [4.78, 5) is 20.2. The van der Waals surface area contributed by atoms with Crippen LogP contribution in [0.15, 0.2) is 42.5 Å². The number of aromatic amines is 1. The van der Waals surface area contributed by atoms with E-state index < -0.39 is 6.04 Å². The number of rotatable bonds is 4. The highest BCUT2D eigenvalue weighted by Gasteiger charge is 2.43. The molecule has 4 rings (SSSR count). The molecule has 124 valence electrons. The number of H-pyrrole nitrogens is 1. The fourth-order valence-electron chi connectivity index (χ4n) is 3.14. The van der Waals surface area contributed by atoms with Crippen LogP contribution in [0.1, 0.15) is 12.7 Å². The van der Waals surface area contributed by atoms with Crippen LogP contribution in [0, 0.1) is 11.8 Å². The predicted molar refractivity (Wildman–Crippen MR) is 93.8 cm³/mol. The quantitative estimate of drug-likeness (QED) is 0.678. The van der Waals surface area contributed by atoms with E-state index in [0.29, 0.717) is 18.4 Å². The van der Waals surface area contributed by atoms with Crippen molar-refractivity contribution in [2.75, 3.05) is 6.54 Å². The van der Waals surface area contributed by atoms with Crippen LogP contribution < -0.4 is 16.4 Å². The predicted octanol–water partition coefficient (Wildman–Crippen LogP) is 1.14. The van der Waals surface area contributed by atoms with Crippen molar-refractivity contribution in [3.63, 3.8) is 0 Å². The van der Waals surface area contributed by atoms with Crippen LogP contribution in [-0.4, -0.2) is 34.5 Å². The Bertz CT molecular complexity index is 796. The van der Waals surface area contributed by atoms with Crippen LogP contribution in [0.5, 0.6) is 0 Å². The van der Waals surface area contributed by atoms with Gasteiger partial charge < -0.3 is 21.4 Å². The summed E-state index contributed by atoms with van der Waals surface area (Å²) in [6, 6.07) is 7.67. The molecule has 1 saturated carbocycles. The largest absolute Gasteiger partial charge is 0.368 e. The number of dihydropyridines is 1. The number of fused-ring (bicyclic) bond motifs is 1. The average molecular weight is 323 g/mol. The zero-order chi connectivity index (χ0) is 16.7. The highest BCUT2D eigenvalue weighted by Crippen LogP contribution is 2.35. The maximum Gasteiger partial charge on any atom is 0.246 e. The smallest absolute Gasteiger partial charge is 0.246 e. The molecule has 0 saturated heterocycles. The number of amides is 1. The number of nitrogens with zero attached hydrogens (tertiary/aromatic N) is 1. The van der Waals surface area contributed by atoms with E-state index >= 15 is 0 Å². The van der Waals surface area contributed by atoms with Gasteiger partial charge in [-0.15, -0.1) is 0 Å². The molecule has 24 heavy (non-hydrogen) atoms. The number of hydrogen-bond donors (Lipinski definition) is 4. The Morgan fingerprint density at radius 3 is 2.92 bits per heavy atom. The van der Waals surface area contributed by atoms with E-state index in [4.69, 9.17) is 5.73 Å². The third-order valence-electron chi connectivity index (χ3n) is 4.95. The van der Waals surface area contributed by atoms with Crippen LogP contribution >= 0.6 is 0 Å². The minimum absolute atomic E-state index is 0.0424. The fraction of sp³-hybridized carbons (Fsp3) is 0.333. The number of nitrogens with two attached hydrogens (primary N) is 1. The number of imidazole rings is 1. The second-order valence-electron chi connectivity index (χ2n) is 6.54. The zero-order valence-electron chi connectivity index (χ0n) is 13.5. The number of carbonyl (C=O) groups excluding carboxylic acids is 1. The number of hydrogen-bond acceptors (Lipinski definition) is 4. The molecule has 1 aromatic carbocycles. The summed E-state index contributed by atoms with van der Waals surface area (Å²) in [6.07, 6.45) is 5.65. The molecule has 0 spiro atoms. The molecular weight excluding hydrogens is 302 g/mol. The van der Waals surface area contributed by atoms with E-state index in [0.717, 1.165) is 22.6 Å². The second kappa shape index (κ2) is 5.79. The molecule has 5 N–H and O–H groups in total. The molecule has 2 aromatic rings. The van der Waals surface area contributed by atoms with Crippen LogP contribution in [0.25, 0.3) is 16.7 Å². The van der Waals surface area contributed by atoms with Crippen molar-refractivity contribution in [3.8, 4) is 0 Å². The van der Waals surface area contributed by atoms with E-state index in [-0.39, 0.29) is 11.9 Å². The highest BCUT2D eigenvalue weighted by molar-refractivity contribution is 5.87. The lowest BCUT2D eigenvalue weighted by Gasteiger charge is -2.20. The van der Waals surface area contributed by atoms with E-state index in [1.54, 1.807) is 0 Å². The standard InChI is InChI=1S/C18H21N5O/c1-10-11(16(10)19)9-20-18(24)15-8-4-7-14(21-15)17-22-12-5-2-3-6-13(12)23-17/h2-8,10-11,15-16,21H,9,19H2,1H3,(H,20,24)(H,22,23). The summed E-state index contributed by atoms with van der Waals surface area (Å²) in [6.45, 7) is 2.75. The summed E-state index contributed by atoms with van der Waals surface area (Å²) in [5.41, 5.74) is 8.60. The summed E-state index contributed by atoms with van der Waals surface area (Å²) in [5, 5.41) is 6.22. The Balaban J connectivity index is 1.42. The van der Waals surface area contributed by atoms with Gasteiger partial charge in [0, 0.05) is 12.6 Å². The van der Waals surface area contributed by atoms with Crippen LogP contribution in [-0.2, 0) is 4.79 Å². The van der Waals surface area contributed by atoms with Gasteiger partial charge in [0.25, 0.3) is 0 Å². The van der Waals surface area contributed by atoms with E-state index in [1.165, 1.54) is 0 Å². The van der Waals surface area contributed by atoms with Crippen molar-refractivity contribution in [1.82, 2.24) is 20.6 Å². The number of benzene rings is 1. The first-order valence-corrected chi connectivity index (χ1v) is 8.27. The molecule has 6 nitrogen and oxygen atoms in total. The Kier molecular flexibility index (Phi) is 3.61. The lowest BCUT2D eigenvalue weighted by atomic mass is 10.1. The summed E-state index contributed by atoms with van der Waals surface area (Å²) >= 11 is 0. The number of carbonyl (C=O) groups is 1. The summed E-state index contributed by atoms with van der Waals surface area (Å²) in [5.74, 6) is 1.58. The molecule has 1 aliphatic heterocycles. The van der Waals surface area contributed by atoms with Crippen molar-refractivity contribution in [3.05, 3.63) is 48.3 Å². The van der Waals surface area contributed by atoms with Gasteiger partial charge in [-0.1, -0.05) is 31.2 Å². The van der Waals surface area contributed by atoms with Gasteiger partial charge in [-0.05, 0) is 30.0 Å². The number of aromatic nitrogens is 2. The van der Waals surface area contributed by atoms with Crippen molar-refractivity contribution in [2.45, 2.75) is 19.0 Å². The van der Waals surface area contributed by atoms with Crippen LogP contribution in [0.2, 0.25) is 0 Å². The molecule has 1 aliphatic carbocycles. The molecule has 2 aliphatic rings. The number of allylic oxidation sites excluding steroid dienone is 2. The second-order valence-corrected chi connectivity index (χ2v) is 6.54. The number of para-hydroxylation sites is 2. The van der Waals surface area contributed by atoms with E-state index in [2.05, 4.69) is 27.5 Å². The summed E-state index contributed by atoms with van der Waals surface area (Å²) in [7, 11) is 0. The monoisotopic (exact) mass is 323 g/mol. The lowest BCUT2D eigenvalue weighted by Crippen LogP contribution is -2.44. The van der Waals surface area contributed by atoms with Crippen molar-refractivity contribution in [2.24, 2.45) is 17.6 Å². The van der Waals surface area contributed by atoms with Gasteiger partial charge in [0.1, 0.15) is 6.04 Å². The molecule has 1 amide bonds. The molecule has 2 heterocycles. The van der Waals surface area contributed by atoms with E-state index in [9.17, 15) is 4.79 Å². The molecule has 0 bridgehead atoms. The Hall–Kier alpha value is -2.60. The van der Waals surface area contributed by atoms with Crippen molar-refractivity contribution < 1.29 is 4.79 Å². The average Bonchev–Trinajstić information content (AvgIpc) is 3.01. The maximum absolute atomic E-state index is 12.4. The Morgan fingerprint density at radius 2 is 2.17 bits per heavy atom. The minimum atomic E-state index is -0.400. The molecular formula is C18H21N5O. The molecule has 4 atom stereocenters. The molecule has 4 unspecified atom stereocenters. The van der Waals surface area contributed by atoms with E-state index in [1.807, 2.05) is 42.5 Å². The van der Waals surface area contributed by atoms with Gasteiger partial charge in [0.05, 0.1) is 16.7 Å². The Morgan fingerprint density at radius 1 is 1.38 bits per heavy atom. The van der Waals surface area contributed by atoms with Gasteiger partial charge in [-0.3, -0.25) is 4.79 Å². The topological polar surface area (TPSA) is 95.8 Å². The van der Waals surface area contributed by atoms with Crippen LogP contribution in [0.3, 0.4) is 0 Å². The summed E-state index contributed by atoms with van der Waals surface area (Å²) < 4.78 is 0. The minimum Gasteiger partial charge on any atom is -0.368 e. The first kappa shape index (κ1) is 15.0. The van der Waals surface area contributed by atoms with Gasteiger partial charge >= 0.3 is 0 Å². The molecule has 1 fully saturated rings. The van der Waals surface area contributed by atoms with Crippen molar-refractivity contribution in [1.29, 1.82) is 0 Å². The maximum atomic E-state index is 12.4. The first-order valence-electron chi connectivity index (χ1n) is 8.27. The van der Waals surface area contributed by atoms with Gasteiger partial charge in [0.15, 0.2) is 5.82 Å². The van der Waals surface area contributed by atoms with Crippen molar-refractivity contribution >= 4 is 22.6 Å². The molecule has 6 heteroatoms. The first-order chi connectivity index (χ1) is 11.6. The molecule has 1 aromatic heterocycles. The van der Waals surface area contributed by atoms with Gasteiger partial charge in [-0.25, -0.2) is 4.98 Å². The highest BCUT2D eigenvalue weighted by atomic mass is 16.2. The third-order valence-corrected chi connectivity index (χ3v) is 4.95. The normalized spacial score (nSPS) is 28.3. The lowest BCUT2D eigenvalue weighted by molar-refractivity contribution is -0.121. The Labute approximate surface area is 140 Å². The van der Waals surface area contributed by atoms with Gasteiger partial charge in [0.2, 0.25) is 5.91 Å². The van der Waals surface area contributed by atoms with Gasteiger partial charge in [-0.2, -0.15) is 0 Å². The molecule has 0 radical (unpaired) electrons. The third kappa shape index (κ3) is 2.69. The zero-order valence-corrected chi connectivity index (χ0v) is 13.5. The number of nitrogens with one attached hydrogen (secondary N) is 3. The van der Waals surface area contributed by atoms with Crippen LogP contribution in [0.4, 0.5) is 0 Å². The SMILES string of the molecule is CC1C(N)C1CNC(=O)C1C=CC=C(c2nc3ccccc3[nH]2)N1. The fourth-order valence-corrected chi connectivity index (χ4v) is 3.14.